The van der Waals surface area contributed by atoms with Gasteiger partial charge in [-0.15, -0.1) is 0 Å². The van der Waals surface area contributed by atoms with E-state index in [1.165, 1.54) is 6.08 Å². The van der Waals surface area contributed by atoms with Crippen molar-refractivity contribution in [2.45, 2.75) is 0 Å². The summed E-state index contributed by atoms with van der Waals surface area (Å²) in [7, 11) is 3.82. The van der Waals surface area contributed by atoms with Crippen molar-refractivity contribution in [1.82, 2.24) is 15.5 Å². The summed E-state index contributed by atoms with van der Waals surface area (Å²) >= 11 is 11.8. The number of halogens is 2. The van der Waals surface area contributed by atoms with E-state index in [4.69, 9.17) is 27.6 Å². The largest absolute Gasteiger partial charge is 0.457 e. The maximum absolute atomic E-state index is 12.8. The summed E-state index contributed by atoms with van der Waals surface area (Å²) in [4.78, 5) is 27.4. The van der Waals surface area contributed by atoms with Crippen LogP contribution in [0.15, 0.2) is 70.8 Å². The topological polar surface area (TPSA) is 74.6 Å². The van der Waals surface area contributed by atoms with Crippen molar-refractivity contribution in [2.24, 2.45) is 0 Å². The lowest BCUT2D eigenvalue weighted by atomic mass is 10.2. The van der Waals surface area contributed by atoms with Crippen LogP contribution in [-0.2, 0) is 4.79 Å². The van der Waals surface area contributed by atoms with E-state index in [1.807, 2.05) is 31.1 Å². The molecule has 0 bridgehead atoms. The number of rotatable bonds is 8. The van der Waals surface area contributed by atoms with E-state index in [0.29, 0.717) is 40.2 Å². The first-order chi connectivity index (χ1) is 15.3. The second kappa shape index (κ2) is 11.0. The van der Waals surface area contributed by atoms with E-state index in [0.717, 1.165) is 5.56 Å². The lowest BCUT2D eigenvalue weighted by Crippen LogP contribution is -2.37. The van der Waals surface area contributed by atoms with Gasteiger partial charge in [0.2, 0.25) is 0 Å². The van der Waals surface area contributed by atoms with Crippen LogP contribution in [-0.4, -0.2) is 43.9 Å². The molecule has 2 amide bonds. The van der Waals surface area contributed by atoms with E-state index in [1.54, 1.807) is 48.5 Å². The van der Waals surface area contributed by atoms with Gasteiger partial charge in [0.1, 0.15) is 17.2 Å². The Bertz CT molecular complexity index is 1100. The van der Waals surface area contributed by atoms with Gasteiger partial charge >= 0.3 is 0 Å². The van der Waals surface area contributed by atoms with Crippen molar-refractivity contribution in [2.75, 3.05) is 27.2 Å². The van der Waals surface area contributed by atoms with Crippen LogP contribution in [0.4, 0.5) is 0 Å². The average Bonchev–Trinajstić information content (AvgIpc) is 3.22. The molecular formula is C24H23Cl2N3O3. The molecule has 3 aromatic rings. The first-order valence-electron chi connectivity index (χ1n) is 9.89. The van der Waals surface area contributed by atoms with Crippen LogP contribution in [0, 0.1) is 0 Å². The number of amides is 2. The zero-order valence-corrected chi connectivity index (χ0v) is 19.2. The van der Waals surface area contributed by atoms with Crippen molar-refractivity contribution < 1.29 is 14.0 Å². The first kappa shape index (κ1) is 23.6. The van der Waals surface area contributed by atoms with Crippen molar-refractivity contribution in [3.05, 3.63) is 87.7 Å². The standard InChI is InChI=1S/C24H23Cl2N3O3/c1-29(2)14-13-27-24(31)21(28-23(30)17-5-9-19(26)10-6-17)15-20-11-12-22(32-20)16-3-7-18(25)8-4-16/h3-12,15H,13-14H2,1-2H3,(H,27,31)(H,28,30)/b21-15-. The van der Waals surface area contributed by atoms with Crippen LogP contribution < -0.4 is 10.6 Å². The van der Waals surface area contributed by atoms with Crippen molar-refractivity contribution >= 4 is 41.1 Å². The quantitative estimate of drug-likeness (QED) is 0.466. The molecule has 0 saturated heterocycles. The summed E-state index contributed by atoms with van der Waals surface area (Å²) in [5.41, 5.74) is 1.29. The fourth-order valence-electron chi connectivity index (χ4n) is 2.78. The molecule has 0 fully saturated rings. The highest BCUT2D eigenvalue weighted by molar-refractivity contribution is 6.31. The smallest absolute Gasteiger partial charge is 0.267 e. The molecule has 0 aliphatic heterocycles. The Morgan fingerprint density at radius 1 is 0.938 bits per heavy atom. The van der Waals surface area contributed by atoms with E-state index in [-0.39, 0.29) is 5.70 Å². The van der Waals surface area contributed by atoms with Gasteiger partial charge in [0.05, 0.1) is 0 Å². The number of carbonyl (C=O) groups is 2. The third kappa shape index (κ3) is 6.72. The van der Waals surface area contributed by atoms with Gasteiger partial charge in [-0.3, -0.25) is 9.59 Å². The Labute approximate surface area is 196 Å². The molecule has 8 heteroatoms. The molecule has 0 radical (unpaired) electrons. The third-order valence-corrected chi connectivity index (χ3v) is 4.99. The second-order valence-corrected chi connectivity index (χ2v) is 8.16. The van der Waals surface area contributed by atoms with Crippen molar-refractivity contribution in [3.8, 4) is 11.3 Å². The summed E-state index contributed by atoms with van der Waals surface area (Å²) in [6.07, 6.45) is 1.50. The number of nitrogens with one attached hydrogen (secondary N) is 2. The van der Waals surface area contributed by atoms with Gasteiger partial charge < -0.3 is 20.0 Å². The van der Waals surface area contributed by atoms with Crippen molar-refractivity contribution in [1.29, 1.82) is 0 Å². The fourth-order valence-corrected chi connectivity index (χ4v) is 3.04. The minimum Gasteiger partial charge on any atom is -0.457 e. The van der Waals surface area contributed by atoms with Gasteiger partial charge in [0, 0.05) is 40.3 Å². The number of likely N-dealkylation sites (N-methyl/N-ethyl adjacent to an activating group) is 1. The number of hydrogen-bond donors (Lipinski definition) is 2. The Morgan fingerprint density at radius 3 is 2.19 bits per heavy atom. The maximum atomic E-state index is 12.8. The molecule has 32 heavy (non-hydrogen) atoms. The third-order valence-electron chi connectivity index (χ3n) is 4.49. The molecule has 0 unspecified atom stereocenters. The molecule has 1 heterocycles. The molecule has 0 spiro atoms. The molecule has 0 saturated carbocycles. The molecule has 0 aliphatic carbocycles. The second-order valence-electron chi connectivity index (χ2n) is 7.29. The number of nitrogens with zero attached hydrogens (tertiary/aromatic N) is 1. The van der Waals surface area contributed by atoms with Gasteiger partial charge in [-0.05, 0) is 74.8 Å². The minimum absolute atomic E-state index is 0.0701. The zero-order valence-electron chi connectivity index (χ0n) is 17.7. The van der Waals surface area contributed by atoms with Gasteiger partial charge in [0.25, 0.3) is 11.8 Å². The summed E-state index contributed by atoms with van der Waals surface area (Å²) < 4.78 is 5.86. The number of hydrogen-bond acceptors (Lipinski definition) is 4. The lowest BCUT2D eigenvalue weighted by molar-refractivity contribution is -0.117. The predicted octanol–water partition coefficient (Wildman–Crippen LogP) is 4.70. The van der Waals surface area contributed by atoms with Crippen LogP contribution in [0.5, 0.6) is 0 Å². The van der Waals surface area contributed by atoms with E-state index in [2.05, 4.69) is 10.6 Å². The van der Waals surface area contributed by atoms with Gasteiger partial charge in [0.15, 0.2) is 0 Å². The number of benzene rings is 2. The van der Waals surface area contributed by atoms with Crippen LogP contribution in [0.1, 0.15) is 16.1 Å². The fraction of sp³-hybridized carbons (Fsp3) is 0.167. The Hall–Kier alpha value is -3.06. The van der Waals surface area contributed by atoms with Crippen LogP contribution in [0.3, 0.4) is 0 Å². The summed E-state index contributed by atoms with van der Waals surface area (Å²) in [5, 5.41) is 6.62. The first-order valence-corrected chi connectivity index (χ1v) is 10.6. The molecule has 0 atom stereocenters. The van der Waals surface area contributed by atoms with Crippen molar-refractivity contribution in [3.63, 3.8) is 0 Å². The summed E-state index contributed by atoms with van der Waals surface area (Å²) in [5.74, 6) is 0.187. The molecule has 2 aromatic carbocycles. The minimum atomic E-state index is -0.430. The predicted molar refractivity (Wildman–Crippen MR) is 128 cm³/mol. The summed E-state index contributed by atoms with van der Waals surface area (Å²) in [6.45, 7) is 1.08. The number of carbonyl (C=O) groups excluding carboxylic acids is 2. The summed E-state index contributed by atoms with van der Waals surface area (Å²) in [6, 6.07) is 17.1. The normalized spacial score (nSPS) is 11.5. The molecular weight excluding hydrogens is 449 g/mol. The lowest BCUT2D eigenvalue weighted by Gasteiger charge is -2.13. The Balaban J connectivity index is 1.83. The van der Waals surface area contributed by atoms with Gasteiger partial charge in [-0.25, -0.2) is 0 Å². The van der Waals surface area contributed by atoms with E-state index in [9.17, 15) is 9.59 Å². The molecule has 2 N–H and O–H groups in total. The molecule has 6 nitrogen and oxygen atoms in total. The highest BCUT2D eigenvalue weighted by Gasteiger charge is 2.16. The van der Waals surface area contributed by atoms with Crippen LogP contribution in [0.25, 0.3) is 17.4 Å². The monoisotopic (exact) mass is 471 g/mol. The maximum Gasteiger partial charge on any atom is 0.267 e. The van der Waals surface area contributed by atoms with Crippen LogP contribution in [0.2, 0.25) is 10.0 Å². The molecule has 1 aromatic heterocycles. The molecule has 166 valence electrons. The molecule has 0 aliphatic rings. The Kier molecular flexibility index (Phi) is 8.11. The highest BCUT2D eigenvalue weighted by Crippen LogP contribution is 2.24. The SMILES string of the molecule is CN(C)CCNC(=O)/C(=C/c1ccc(-c2ccc(Cl)cc2)o1)NC(=O)c1ccc(Cl)cc1. The van der Waals surface area contributed by atoms with Gasteiger partial charge in [-0.2, -0.15) is 0 Å². The van der Waals surface area contributed by atoms with Crippen LogP contribution >= 0.6 is 23.2 Å². The highest BCUT2D eigenvalue weighted by atomic mass is 35.5. The van der Waals surface area contributed by atoms with Gasteiger partial charge in [-0.1, -0.05) is 23.2 Å². The Morgan fingerprint density at radius 2 is 1.56 bits per heavy atom. The zero-order chi connectivity index (χ0) is 23.1. The number of furan rings is 1. The van der Waals surface area contributed by atoms with E-state index < -0.39 is 11.8 Å². The average molecular weight is 472 g/mol. The molecule has 3 rings (SSSR count). The van der Waals surface area contributed by atoms with E-state index >= 15 is 0 Å².